The van der Waals surface area contributed by atoms with Crippen LogP contribution in [0.5, 0.6) is 5.75 Å². The van der Waals surface area contributed by atoms with Crippen LogP contribution in [0.4, 0.5) is 10.1 Å². The molecule has 4 nitrogen and oxygen atoms in total. The fraction of sp³-hybridized carbons (Fsp3) is 0.154. The Morgan fingerprint density at radius 3 is 2.19 bits per heavy atom. The lowest BCUT2D eigenvalue weighted by atomic mass is 10.1. The summed E-state index contributed by atoms with van der Waals surface area (Å²) < 4.78 is 20.2. The summed E-state index contributed by atoms with van der Waals surface area (Å²) in [5.74, 6) is -0.645. The zero-order chi connectivity index (χ0) is 22.7. The lowest BCUT2D eigenvalue weighted by Crippen LogP contribution is -2.32. The molecule has 1 heterocycles. The summed E-state index contributed by atoms with van der Waals surface area (Å²) in [4.78, 5) is 28.7. The molecule has 0 saturated carbocycles. The Balaban J connectivity index is 1.74. The van der Waals surface area contributed by atoms with Crippen LogP contribution in [0.3, 0.4) is 0 Å². The number of hydrogen-bond acceptors (Lipinski definition) is 4. The molecule has 1 aliphatic heterocycles. The molecule has 2 amide bonds. The molecule has 0 fully saturated rings. The van der Waals surface area contributed by atoms with Crippen molar-refractivity contribution in [2.24, 2.45) is 5.92 Å². The number of carbonyl (C=O) groups excluding carboxylic acids is 2. The maximum atomic E-state index is 14.5. The SMILES string of the molecule is CC(C)COc1ccc(C2=C(Sc3ccccc3)C(=O)N(c3ccccc3F)C2=O)cc1. The lowest BCUT2D eigenvalue weighted by Gasteiger charge is -2.16. The van der Waals surface area contributed by atoms with Crippen LogP contribution in [0, 0.1) is 11.7 Å². The molecule has 1 aliphatic rings. The summed E-state index contributed by atoms with van der Waals surface area (Å²) in [6.45, 7) is 4.70. The second-order valence-electron chi connectivity index (χ2n) is 7.75. The Hall–Kier alpha value is -3.38. The molecular formula is C26H22FNO3S. The van der Waals surface area contributed by atoms with Gasteiger partial charge in [-0.05, 0) is 47.9 Å². The number of hydrogen-bond donors (Lipinski definition) is 0. The highest BCUT2D eigenvalue weighted by Crippen LogP contribution is 2.42. The van der Waals surface area contributed by atoms with Crippen LogP contribution in [0.2, 0.25) is 0 Å². The van der Waals surface area contributed by atoms with E-state index in [9.17, 15) is 14.0 Å². The van der Waals surface area contributed by atoms with Crippen molar-refractivity contribution in [1.82, 2.24) is 0 Å². The number of rotatable bonds is 7. The Kier molecular flexibility index (Phi) is 6.42. The summed E-state index contributed by atoms with van der Waals surface area (Å²) in [7, 11) is 0. The first-order valence-electron chi connectivity index (χ1n) is 10.3. The van der Waals surface area contributed by atoms with Crippen LogP contribution in [-0.2, 0) is 9.59 Å². The highest BCUT2D eigenvalue weighted by atomic mass is 32.2. The Labute approximate surface area is 190 Å². The zero-order valence-electron chi connectivity index (χ0n) is 17.7. The van der Waals surface area contributed by atoms with Gasteiger partial charge in [0.05, 0.1) is 22.8 Å². The molecule has 4 rings (SSSR count). The van der Waals surface area contributed by atoms with Gasteiger partial charge in [0.25, 0.3) is 11.8 Å². The Bertz CT molecular complexity index is 1170. The minimum absolute atomic E-state index is 0.0550. The van der Waals surface area contributed by atoms with E-state index in [4.69, 9.17) is 4.74 Å². The second kappa shape index (κ2) is 9.40. The fourth-order valence-electron chi connectivity index (χ4n) is 3.30. The van der Waals surface area contributed by atoms with E-state index in [0.29, 0.717) is 23.8 Å². The van der Waals surface area contributed by atoms with Crippen molar-refractivity contribution in [2.75, 3.05) is 11.5 Å². The van der Waals surface area contributed by atoms with Crippen LogP contribution in [0.1, 0.15) is 19.4 Å². The first kappa shape index (κ1) is 21.8. The van der Waals surface area contributed by atoms with E-state index >= 15 is 0 Å². The number of thioether (sulfide) groups is 1. The number of para-hydroxylation sites is 1. The molecule has 162 valence electrons. The Morgan fingerprint density at radius 2 is 1.53 bits per heavy atom. The normalized spacial score (nSPS) is 13.9. The predicted octanol–water partition coefficient (Wildman–Crippen LogP) is 5.94. The average molecular weight is 448 g/mol. The highest BCUT2D eigenvalue weighted by molar-refractivity contribution is 8.04. The molecule has 0 aromatic heterocycles. The van der Waals surface area contributed by atoms with E-state index in [1.807, 2.05) is 30.3 Å². The number of carbonyl (C=O) groups is 2. The van der Waals surface area contributed by atoms with Gasteiger partial charge >= 0.3 is 0 Å². The number of anilines is 1. The largest absolute Gasteiger partial charge is 0.493 e. The summed E-state index contributed by atoms with van der Waals surface area (Å²) in [6.07, 6.45) is 0. The van der Waals surface area contributed by atoms with Gasteiger partial charge in [0.15, 0.2) is 0 Å². The predicted molar refractivity (Wildman–Crippen MR) is 125 cm³/mol. The molecule has 0 atom stereocenters. The zero-order valence-corrected chi connectivity index (χ0v) is 18.6. The van der Waals surface area contributed by atoms with Crippen LogP contribution in [-0.4, -0.2) is 18.4 Å². The van der Waals surface area contributed by atoms with Gasteiger partial charge in [0.2, 0.25) is 0 Å². The van der Waals surface area contributed by atoms with E-state index in [0.717, 1.165) is 9.80 Å². The van der Waals surface area contributed by atoms with Gasteiger partial charge in [-0.25, -0.2) is 9.29 Å². The molecule has 0 spiro atoms. The number of amides is 2. The summed E-state index contributed by atoms with van der Waals surface area (Å²) in [5, 5.41) is 0. The standard InChI is InChI=1S/C26H22FNO3S/c1-17(2)16-31-19-14-12-18(13-15-19)23-24(32-20-8-4-3-5-9-20)26(30)28(25(23)29)22-11-7-6-10-21(22)27/h3-15,17H,16H2,1-2H3. The maximum absolute atomic E-state index is 14.5. The van der Waals surface area contributed by atoms with E-state index < -0.39 is 17.6 Å². The molecule has 3 aromatic rings. The number of ether oxygens (including phenoxy) is 1. The van der Waals surface area contributed by atoms with Crippen LogP contribution in [0.25, 0.3) is 5.57 Å². The third-order valence-corrected chi connectivity index (χ3v) is 5.91. The minimum Gasteiger partial charge on any atom is -0.493 e. The average Bonchev–Trinajstić information content (AvgIpc) is 3.03. The molecule has 6 heteroatoms. The summed E-state index contributed by atoms with van der Waals surface area (Å²) in [6, 6.07) is 22.2. The molecule has 3 aromatic carbocycles. The maximum Gasteiger partial charge on any atom is 0.273 e. The fourth-order valence-corrected chi connectivity index (χ4v) is 4.31. The van der Waals surface area contributed by atoms with Crippen LogP contribution >= 0.6 is 11.8 Å². The van der Waals surface area contributed by atoms with Crippen molar-refractivity contribution in [1.29, 1.82) is 0 Å². The first-order chi connectivity index (χ1) is 15.5. The van der Waals surface area contributed by atoms with Gasteiger partial charge in [-0.15, -0.1) is 0 Å². The summed E-state index contributed by atoms with van der Waals surface area (Å²) >= 11 is 1.20. The second-order valence-corrected chi connectivity index (χ2v) is 8.83. The monoisotopic (exact) mass is 447 g/mol. The van der Waals surface area contributed by atoms with Gasteiger partial charge < -0.3 is 4.74 Å². The van der Waals surface area contributed by atoms with E-state index in [-0.39, 0.29) is 16.2 Å². The third kappa shape index (κ3) is 4.46. The number of benzene rings is 3. The molecule has 0 saturated heterocycles. The minimum atomic E-state index is -0.628. The van der Waals surface area contributed by atoms with Crippen molar-refractivity contribution >= 4 is 34.8 Å². The molecular weight excluding hydrogens is 425 g/mol. The number of nitrogens with zero attached hydrogens (tertiary/aromatic N) is 1. The molecule has 0 unspecified atom stereocenters. The van der Waals surface area contributed by atoms with E-state index in [2.05, 4.69) is 13.8 Å². The molecule has 32 heavy (non-hydrogen) atoms. The van der Waals surface area contributed by atoms with Gasteiger partial charge in [0, 0.05) is 4.90 Å². The van der Waals surface area contributed by atoms with Gasteiger partial charge in [-0.2, -0.15) is 0 Å². The smallest absolute Gasteiger partial charge is 0.273 e. The summed E-state index contributed by atoms with van der Waals surface area (Å²) in [5.41, 5.74) is 0.778. The molecule has 0 bridgehead atoms. The van der Waals surface area contributed by atoms with Gasteiger partial charge in [-0.1, -0.05) is 68.1 Å². The van der Waals surface area contributed by atoms with E-state index in [1.165, 1.54) is 30.0 Å². The van der Waals surface area contributed by atoms with Gasteiger partial charge in [0.1, 0.15) is 11.6 Å². The third-order valence-electron chi connectivity index (χ3n) is 4.82. The molecule has 0 N–H and O–H groups in total. The molecule has 0 aliphatic carbocycles. The van der Waals surface area contributed by atoms with Crippen LogP contribution < -0.4 is 9.64 Å². The van der Waals surface area contributed by atoms with Crippen LogP contribution in [0.15, 0.2) is 88.7 Å². The topological polar surface area (TPSA) is 46.6 Å². The van der Waals surface area contributed by atoms with Crippen molar-refractivity contribution in [3.63, 3.8) is 0 Å². The highest BCUT2D eigenvalue weighted by Gasteiger charge is 2.41. The van der Waals surface area contributed by atoms with Crippen molar-refractivity contribution in [3.05, 3.63) is 95.1 Å². The first-order valence-corrected chi connectivity index (χ1v) is 11.1. The van der Waals surface area contributed by atoms with Crippen molar-refractivity contribution in [3.8, 4) is 5.75 Å². The quantitative estimate of drug-likeness (QED) is 0.421. The number of halogens is 1. The van der Waals surface area contributed by atoms with E-state index in [1.54, 1.807) is 30.3 Å². The Morgan fingerprint density at radius 1 is 0.875 bits per heavy atom. The lowest BCUT2D eigenvalue weighted by molar-refractivity contribution is -0.119. The molecule has 0 radical (unpaired) electrons. The van der Waals surface area contributed by atoms with Crippen molar-refractivity contribution < 1.29 is 18.7 Å². The van der Waals surface area contributed by atoms with Crippen molar-refractivity contribution in [2.45, 2.75) is 18.7 Å². The number of imide groups is 1. The van der Waals surface area contributed by atoms with Gasteiger partial charge in [-0.3, -0.25) is 9.59 Å².